The van der Waals surface area contributed by atoms with E-state index in [9.17, 15) is 19.1 Å². The van der Waals surface area contributed by atoms with Gasteiger partial charge in [-0.25, -0.2) is 4.57 Å². The molecule has 9 atom stereocenters. The lowest BCUT2D eigenvalue weighted by molar-refractivity contribution is -0.173. The van der Waals surface area contributed by atoms with Crippen molar-refractivity contribution in [2.45, 2.75) is 115 Å². The molecule has 0 bridgehead atoms. The average Bonchev–Trinajstić information content (AvgIpc) is 3.36. The largest absolute Gasteiger partial charge is 0.588 e. The fourth-order valence-corrected chi connectivity index (χ4v) is 7.39. The molecule has 0 radical (unpaired) electrons. The van der Waals surface area contributed by atoms with E-state index in [4.69, 9.17) is 73.0 Å². The van der Waals surface area contributed by atoms with Crippen molar-refractivity contribution < 1.29 is 62.1 Å². The molecular weight excluding hydrogens is 1000 g/mol. The minimum atomic E-state index is -4.78. The van der Waals surface area contributed by atoms with Crippen LogP contribution in [0.15, 0.2) is 145 Å². The first-order valence-electron chi connectivity index (χ1n) is 22.9. The van der Waals surface area contributed by atoms with Crippen molar-refractivity contribution in [3.63, 3.8) is 0 Å². The SMILES string of the molecule is CCC1=C[C@@H](O)[C@H](OCc2ccccc2)[C@@H](OCc2ccccc2)[C@@H]1C.CCC1=C[C@@H](OCOC)[C@H](OCc2ccccc2)[C@@H](OCc2ccccc2)[C@@H]1C.CCOC.ClC(Cl)Cl.O=[P+]([O-])P(=O)(O)O. The van der Waals surface area contributed by atoms with Crippen LogP contribution in [0, 0.1) is 11.8 Å². The summed E-state index contributed by atoms with van der Waals surface area (Å²) >= 11 is 14.4. The predicted molar refractivity (Wildman–Crippen MR) is 276 cm³/mol. The Morgan fingerprint density at radius 2 is 0.871 bits per heavy atom. The standard InChI is InChI=1S/C25H32O4.C23H28O3.C3H8O.CHCl3.H2O5P2/c1-4-22-15-23(29-18-26-3)25(28-17-21-13-9-6-10-14-21)24(19(22)2)27-16-20-11-7-5-8-12-20;1-3-20-14-21(24)23(26-16-19-12-8-5-9-13-19)22(17(20)2)25-15-18-10-6-4-7-11-18;1-3-4-2;2-1(3)4;1-6(2)7(3,4)5/h5-15,19,23-25H,4,16-18H2,1-3H3;4-14,17,21-24H,3,15-16H2,1-2H3;3H2,1-2H3;1H;(H2,3,4,5)/t19-,23-,24+,25+;17-,21-,22+,23+;;;/m11.../s1. The van der Waals surface area contributed by atoms with Crippen LogP contribution in [0.3, 0.4) is 0 Å². The molecule has 4 aromatic rings. The van der Waals surface area contributed by atoms with Crippen LogP contribution in [0.5, 0.6) is 0 Å². The highest BCUT2D eigenvalue weighted by Gasteiger charge is 2.41. The molecule has 2 aliphatic rings. The fourth-order valence-electron chi connectivity index (χ4n) is 7.39. The van der Waals surface area contributed by atoms with Crippen molar-refractivity contribution in [2.75, 3.05) is 27.6 Å². The van der Waals surface area contributed by atoms with Gasteiger partial charge in [-0.2, -0.15) is 0 Å². The molecule has 0 fully saturated rings. The van der Waals surface area contributed by atoms with Gasteiger partial charge >= 0.3 is 15.0 Å². The first kappa shape index (κ1) is 63.2. The molecule has 1 unspecified atom stereocenters. The number of halogens is 3. The average molecular weight is 1070 g/mol. The summed E-state index contributed by atoms with van der Waals surface area (Å²) in [5, 5.41) is 10.7. The lowest BCUT2D eigenvalue weighted by Crippen LogP contribution is -2.49. The van der Waals surface area contributed by atoms with Crippen molar-refractivity contribution >= 4 is 49.8 Å². The topological polar surface area (TPSA) is 182 Å². The van der Waals surface area contributed by atoms with E-state index >= 15 is 0 Å². The smallest absolute Gasteiger partial charge is 0.561 e. The molecule has 0 aromatic heterocycles. The Labute approximate surface area is 430 Å². The minimum absolute atomic E-state index is 0.0966. The number of hydrogen-bond donors (Lipinski definition) is 3. The highest BCUT2D eigenvalue weighted by atomic mass is 35.6. The van der Waals surface area contributed by atoms with Crippen molar-refractivity contribution in [3.05, 3.63) is 167 Å². The zero-order valence-electron chi connectivity index (χ0n) is 41.0. The van der Waals surface area contributed by atoms with E-state index in [-0.39, 0.29) is 49.1 Å². The number of alkyl halides is 3. The van der Waals surface area contributed by atoms with Crippen LogP contribution >= 0.6 is 49.8 Å². The van der Waals surface area contributed by atoms with E-state index in [0.717, 1.165) is 41.7 Å². The molecule has 388 valence electrons. The van der Waals surface area contributed by atoms with E-state index in [1.54, 1.807) is 14.2 Å². The summed E-state index contributed by atoms with van der Waals surface area (Å²) in [5.41, 5.74) is 7.09. The van der Waals surface area contributed by atoms with Gasteiger partial charge in [-0.05, 0) is 42.0 Å². The Morgan fingerprint density at radius 3 is 1.17 bits per heavy atom. The van der Waals surface area contributed by atoms with Crippen molar-refractivity contribution in [1.82, 2.24) is 0 Å². The predicted octanol–water partition coefficient (Wildman–Crippen LogP) is 11.5. The van der Waals surface area contributed by atoms with Gasteiger partial charge in [0.1, 0.15) is 31.2 Å². The summed E-state index contributed by atoms with van der Waals surface area (Å²) in [6.45, 7) is 13.7. The molecule has 13 nitrogen and oxygen atoms in total. The third-order valence-corrected chi connectivity index (χ3v) is 12.8. The molecule has 2 aliphatic carbocycles. The van der Waals surface area contributed by atoms with Gasteiger partial charge in [0.05, 0.1) is 38.6 Å². The Hall–Kier alpha value is -2.88. The maximum atomic E-state index is 10.7. The normalized spacial score (nSPS) is 22.0. The molecule has 0 amide bonds. The molecule has 0 heterocycles. The van der Waals surface area contributed by atoms with Gasteiger partial charge in [0.15, 0.2) is 4.30 Å². The fraction of sp³-hybridized carbons (Fsp3) is 0.462. The lowest BCUT2D eigenvalue weighted by Gasteiger charge is -2.40. The number of rotatable bonds is 19. The van der Waals surface area contributed by atoms with Crippen LogP contribution < -0.4 is 4.89 Å². The number of hydrogen-bond acceptors (Lipinski definition) is 11. The molecule has 0 aliphatic heterocycles. The molecule has 0 spiro atoms. The molecule has 70 heavy (non-hydrogen) atoms. The summed E-state index contributed by atoms with van der Waals surface area (Å²) in [4.78, 5) is 24.5. The maximum absolute atomic E-state index is 10.7. The number of benzene rings is 4. The minimum Gasteiger partial charge on any atom is -0.588 e. The zero-order chi connectivity index (χ0) is 51.9. The number of aliphatic hydroxyl groups is 1. The second-order valence-electron chi connectivity index (χ2n) is 15.9. The zero-order valence-corrected chi connectivity index (χ0v) is 45.1. The number of methoxy groups -OCH3 is 2. The summed E-state index contributed by atoms with van der Waals surface area (Å²) < 4.78 is 58.9. The summed E-state index contributed by atoms with van der Waals surface area (Å²) in [5.74, 6) is 0.472. The van der Waals surface area contributed by atoms with E-state index in [0.29, 0.717) is 26.4 Å². The van der Waals surface area contributed by atoms with E-state index < -0.39 is 25.4 Å². The van der Waals surface area contributed by atoms with Gasteiger partial charge in [0, 0.05) is 32.7 Å². The summed E-state index contributed by atoms with van der Waals surface area (Å²) in [6.07, 6.45) is 4.32. The van der Waals surface area contributed by atoms with Gasteiger partial charge < -0.3 is 43.2 Å². The molecule has 6 rings (SSSR count). The van der Waals surface area contributed by atoms with E-state index in [1.807, 2.05) is 97.9 Å². The maximum Gasteiger partial charge on any atom is 0.561 e. The second kappa shape index (κ2) is 36.1. The van der Waals surface area contributed by atoms with Crippen molar-refractivity contribution in [1.29, 1.82) is 0 Å². The van der Waals surface area contributed by atoms with Crippen LogP contribution in [0.1, 0.15) is 69.7 Å². The molecule has 4 aromatic carbocycles. The second-order valence-corrected chi connectivity index (χ2v) is 21.9. The third kappa shape index (κ3) is 24.7. The van der Waals surface area contributed by atoms with Gasteiger partial charge in [-0.1, -0.05) is 212 Å². The Morgan fingerprint density at radius 1 is 0.571 bits per heavy atom. The van der Waals surface area contributed by atoms with Crippen LogP contribution in [0.25, 0.3) is 0 Å². The van der Waals surface area contributed by atoms with Gasteiger partial charge in [0.25, 0.3) is 0 Å². The molecular formula is C52H71Cl3O13P2. The summed E-state index contributed by atoms with van der Waals surface area (Å²) in [6, 6.07) is 40.7. The molecule has 3 N–H and O–H groups in total. The number of aliphatic hydroxyl groups excluding tert-OH is 1. The first-order chi connectivity index (χ1) is 33.5. The molecule has 0 saturated heterocycles. The van der Waals surface area contributed by atoms with Crippen LogP contribution in [-0.4, -0.2) is 83.4 Å². The molecule has 0 saturated carbocycles. The lowest BCUT2D eigenvalue weighted by atomic mass is 9.81. The monoisotopic (exact) mass is 1070 g/mol. The van der Waals surface area contributed by atoms with Gasteiger partial charge in [-0.3, -0.25) is 9.79 Å². The van der Waals surface area contributed by atoms with E-state index in [1.165, 1.54) is 11.1 Å². The Kier molecular flexibility index (Phi) is 32.6. The Bertz CT molecular complexity index is 2080. The Balaban J connectivity index is 0.000000374. The van der Waals surface area contributed by atoms with E-state index in [2.05, 4.69) is 74.9 Å². The third-order valence-electron chi connectivity index (χ3n) is 11.1. The van der Waals surface area contributed by atoms with Gasteiger partial charge in [-0.15, -0.1) is 0 Å². The first-order valence-corrected chi connectivity index (χ1v) is 27.7. The summed E-state index contributed by atoms with van der Waals surface area (Å²) in [7, 11) is -5.04. The number of ether oxygens (including phenoxy) is 7. The van der Waals surface area contributed by atoms with Crippen molar-refractivity contribution in [2.24, 2.45) is 11.8 Å². The highest BCUT2D eigenvalue weighted by Crippen LogP contribution is 2.56. The van der Waals surface area contributed by atoms with Crippen LogP contribution in [0.2, 0.25) is 0 Å². The van der Waals surface area contributed by atoms with Crippen LogP contribution in [0.4, 0.5) is 0 Å². The molecule has 18 heteroatoms. The quantitative estimate of drug-likeness (QED) is 0.0349. The highest BCUT2D eigenvalue weighted by molar-refractivity contribution is 8.19. The van der Waals surface area contributed by atoms with Crippen LogP contribution in [-0.2, 0) is 68.7 Å². The van der Waals surface area contributed by atoms with Crippen molar-refractivity contribution in [3.8, 4) is 0 Å². The van der Waals surface area contributed by atoms with Gasteiger partial charge in [0.2, 0.25) is 0 Å².